The van der Waals surface area contributed by atoms with Gasteiger partial charge in [-0.05, 0) is 6.92 Å². The van der Waals surface area contributed by atoms with Crippen LogP contribution in [0, 0.1) is 6.92 Å². The van der Waals surface area contributed by atoms with E-state index in [1.165, 1.54) is 0 Å². The van der Waals surface area contributed by atoms with E-state index in [2.05, 4.69) is 4.98 Å². The lowest BCUT2D eigenvalue weighted by Crippen LogP contribution is -2.21. The van der Waals surface area contributed by atoms with E-state index in [0.29, 0.717) is 0 Å². The summed E-state index contributed by atoms with van der Waals surface area (Å²) in [5, 5.41) is 0. The zero-order valence-corrected chi connectivity index (χ0v) is 7.09. The molecule has 11 heavy (non-hydrogen) atoms. The van der Waals surface area contributed by atoms with Gasteiger partial charge in [0.2, 0.25) is 0 Å². The van der Waals surface area contributed by atoms with Crippen LogP contribution in [0.3, 0.4) is 0 Å². The molecule has 0 aromatic carbocycles. The van der Waals surface area contributed by atoms with Crippen LogP contribution in [-0.2, 0) is 13.5 Å². The lowest BCUT2D eigenvalue weighted by Gasteiger charge is -2.03. The van der Waals surface area contributed by atoms with Crippen molar-refractivity contribution in [1.82, 2.24) is 9.55 Å². The number of hydrogen-bond acceptors (Lipinski definition) is 2. The van der Waals surface area contributed by atoms with Gasteiger partial charge in [-0.1, -0.05) is 6.92 Å². The van der Waals surface area contributed by atoms with Crippen molar-refractivity contribution in [3.05, 3.63) is 27.9 Å². The van der Waals surface area contributed by atoms with Gasteiger partial charge in [-0.25, -0.2) is 4.98 Å². The highest BCUT2D eigenvalue weighted by Crippen LogP contribution is 1.92. The van der Waals surface area contributed by atoms with Crippen LogP contribution in [0.4, 0.5) is 0 Å². The van der Waals surface area contributed by atoms with Gasteiger partial charge in [-0.2, -0.15) is 0 Å². The first kappa shape index (κ1) is 7.98. The maximum atomic E-state index is 11.1. The number of aromatic nitrogens is 2. The molecule has 1 heterocycles. The zero-order chi connectivity index (χ0) is 8.43. The first-order chi connectivity index (χ1) is 5.15. The molecular formula is C8H12N2O. The minimum Gasteiger partial charge on any atom is -0.300 e. The first-order valence-electron chi connectivity index (χ1n) is 3.68. The molecule has 0 aliphatic rings. The molecule has 3 nitrogen and oxygen atoms in total. The van der Waals surface area contributed by atoms with Crippen molar-refractivity contribution in [1.29, 1.82) is 0 Å². The van der Waals surface area contributed by atoms with Gasteiger partial charge in [0, 0.05) is 25.2 Å². The highest BCUT2D eigenvalue weighted by molar-refractivity contribution is 5.01. The summed E-state index contributed by atoms with van der Waals surface area (Å²) in [4.78, 5) is 15.4. The minimum atomic E-state index is 0.0225. The molecule has 60 valence electrons. The molecular weight excluding hydrogens is 140 g/mol. The fraction of sp³-hybridized carbons (Fsp3) is 0.500. The molecule has 0 atom stereocenters. The van der Waals surface area contributed by atoms with Gasteiger partial charge in [0.25, 0.3) is 5.56 Å². The third kappa shape index (κ3) is 1.48. The molecule has 0 saturated heterocycles. The van der Waals surface area contributed by atoms with Gasteiger partial charge in [0.05, 0.1) is 0 Å². The smallest absolute Gasteiger partial charge is 0.253 e. The Morgan fingerprint density at radius 3 is 2.82 bits per heavy atom. The maximum Gasteiger partial charge on any atom is 0.253 e. The largest absolute Gasteiger partial charge is 0.300 e. The van der Waals surface area contributed by atoms with E-state index in [-0.39, 0.29) is 5.56 Å². The Morgan fingerprint density at radius 1 is 1.64 bits per heavy atom. The van der Waals surface area contributed by atoms with E-state index in [9.17, 15) is 4.79 Å². The van der Waals surface area contributed by atoms with Crippen molar-refractivity contribution in [3.8, 4) is 0 Å². The summed E-state index contributed by atoms with van der Waals surface area (Å²) >= 11 is 0. The second-order valence-electron chi connectivity index (χ2n) is 2.56. The average Bonchev–Trinajstić information content (AvgIpc) is 1.96. The highest BCUT2D eigenvalue weighted by Gasteiger charge is 1.98. The van der Waals surface area contributed by atoms with Crippen molar-refractivity contribution < 1.29 is 0 Å². The Bertz CT molecular complexity index is 314. The fourth-order valence-corrected chi connectivity index (χ4v) is 1.03. The molecule has 0 bridgehead atoms. The van der Waals surface area contributed by atoms with Crippen LogP contribution in [0.1, 0.15) is 18.4 Å². The van der Waals surface area contributed by atoms with E-state index in [1.54, 1.807) is 17.7 Å². The molecule has 0 radical (unpaired) electrons. The van der Waals surface area contributed by atoms with Crippen LogP contribution in [-0.4, -0.2) is 9.55 Å². The molecule has 0 aliphatic heterocycles. The molecule has 0 amide bonds. The highest BCUT2D eigenvalue weighted by atomic mass is 16.1. The number of nitrogens with zero attached hydrogens (tertiary/aromatic N) is 2. The van der Waals surface area contributed by atoms with Gasteiger partial charge < -0.3 is 0 Å². The second kappa shape index (κ2) is 2.86. The molecule has 0 aliphatic carbocycles. The van der Waals surface area contributed by atoms with Crippen molar-refractivity contribution in [3.63, 3.8) is 0 Å². The minimum absolute atomic E-state index is 0.0225. The molecule has 1 rings (SSSR count). The molecule has 1 aromatic rings. The van der Waals surface area contributed by atoms with Crippen LogP contribution in [0.15, 0.2) is 10.9 Å². The predicted molar refractivity (Wildman–Crippen MR) is 43.6 cm³/mol. The van der Waals surface area contributed by atoms with E-state index in [1.807, 2.05) is 13.8 Å². The number of hydrogen-bond donors (Lipinski definition) is 0. The standard InChI is InChI=1S/C8H12N2O/c1-4-7-9-6(2)5-8(11)10(7)3/h5H,4H2,1-3H3. The summed E-state index contributed by atoms with van der Waals surface area (Å²) in [6, 6.07) is 1.54. The van der Waals surface area contributed by atoms with Gasteiger partial charge in [0.15, 0.2) is 0 Å². The lowest BCUT2D eigenvalue weighted by molar-refractivity contribution is 0.728. The first-order valence-corrected chi connectivity index (χ1v) is 3.68. The molecule has 3 heteroatoms. The fourth-order valence-electron chi connectivity index (χ4n) is 1.03. The molecule has 0 N–H and O–H groups in total. The molecule has 0 unspecified atom stereocenters. The van der Waals surface area contributed by atoms with Crippen molar-refractivity contribution in [2.75, 3.05) is 0 Å². The topological polar surface area (TPSA) is 34.9 Å². The van der Waals surface area contributed by atoms with E-state index >= 15 is 0 Å². The second-order valence-corrected chi connectivity index (χ2v) is 2.56. The Kier molecular flexibility index (Phi) is 2.08. The SMILES string of the molecule is CCc1nc(C)cc(=O)n1C. The van der Waals surface area contributed by atoms with E-state index in [4.69, 9.17) is 0 Å². The van der Waals surface area contributed by atoms with Gasteiger partial charge in [0.1, 0.15) is 5.82 Å². The predicted octanol–water partition coefficient (Wildman–Crippen LogP) is 0.651. The molecule has 1 aromatic heterocycles. The third-order valence-corrected chi connectivity index (χ3v) is 1.67. The quantitative estimate of drug-likeness (QED) is 0.592. The molecule has 0 spiro atoms. The van der Waals surface area contributed by atoms with Crippen LogP contribution in [0.2, 0.25) is 0 Å². The maximum absolute atomic E-state index is 11.1. The molecule has 0 saturated carbocycles. The van der Waals surface area contributed by atoms with Crippen molar-refractivity contribution >= 4 is 0 Å². The summed E-state index contributed by atoms with van der Waals surface area (Å²) < 4.78 is 1.58. The van der Waals surface area contributed by atoms with Crippen LogP contribution >= 0.6 is 0 Å². The van der Waals surface area contributed by atoms with Gasteiger partial charge in [-0.15, -0.1) is 0 Å². The Hall–Kier alpha value is -1.12. The van der Waals surface area contributed by atoms with Gasteiger partial charge in [-0.3, -0.25) is 9.36 Å². The van der Waals surface area contributed by atoms with Crippen LogP contribution in [0.5, 0.6) is 0 Å². The summed E-state index contributed by atoms with van der Waals surface area (Å²) in [5.74, 6) is 0.843. The van der Waals surface area contributed by atoms with Gasteiger partial charge >= 0.3 is 0 Å². The Balaban J connectivity index is 3.36. The summed E-state index contributed by atoms with van der Waals surface area (Å²) in [6.07, 6.45) is 0.799. The van der Waals surface area contributed by atoms with E-state index < -0.39 is 0 Å². The summed E-state index contributed by atoms with van der Waals surface area (Å²) in [5.41, 5.74) is 0.819. The summed E-state index contributed by atoms with van der Waals surface area (Å²) in [6.45, 7) is 3.82. The van der Waals surface area contributed by atoms with Crippen LogP contribution < -0.4 is 5.56 Å². The van der Waals surface area contributed by atoms with Crippen LogP contribution in [0.25, 0.3) is 0 Å². The van der Waals surface area contributed by atoms with Crippen molar-refractivity contribution in [2.45, 2.75) is 20.3 Å². The monoisotopic (exact) mass is 152 g/mol. The van der Waals surface area contributed by atoms with Crippen molar-refractivity contribution in [2.24, 2.45) is 7.05 Å². The normalized spacial score (nSPS) is 10.1. The number of aryl methyl sites for hydroxylation is 2. The zero-order valence-electron chi connectivity index (χ0n) is 7.09. The van der Waals surface area contributed by atoms with E-state index in [0.717, 1.165) is 17.9 Å². The molecule has 0 fully saturated rings. The Labute approximate surface area is 65.7 Å². The third-order valence-electron chi connectivity index (χ3n) is 1.67. The lowest BCUT2D eigenvalue weighted by atomic mass is 10.4. The summed E-state index contributed by atoms with van der Waals surface area (Å²) in [7, 11) is 1.74. The average molecular weight is 152 g/mol. The Morgan fingerprint density at radius 2 is 2.27 bits per heavy atom. The number of rotatable bonds is 1.